The van der Waals surface area contributed by atoms with Gasteiger partial charge in [-0.05, 0) is 24.3 Å². The van der Waals surface area contributed by atoms with Gasteiger partial charge in [0.1, 0.15) is 0 Å². The molecule has 0 aromatic heterocycles. The first-order chi connectivity index (χ1) is 14.7. The van der Waals surface area contributed by atoms with Gasteiger partial charge in [-0.3, -0.25) is 4.79 Å². The van der Waals surface area contributed by atoms with Crippen LogP contribution in [0.4, 0.5) is 0 Å². The van der Waals surface area contributed by atoms with Gasteiger partial charge in [0.25, 0.3) is 0 Å². The molecule has 6 N–H and O–H groups in total. The monoisotopic (exact) mass is 456 g/mol. The van der Waals surface area contributed by atoms with Crippen LogP contribution in [0.3, 0.4) is 0 Å². The summed E-state index contributed by atoms with van der Waals surface area (Å²) in [5.74, 6) is -5.50. The molecule has 0 amide bonds. The Balaban J connectivity index is 0. The topological polar surface area (TPSA) is 193 Å². The van der Waals surface area contributed by atoms with Crippen molar-refractivity contribution in [3.63, 3.8) is 0 Å². The number of carbonyl (C=O) groups excluding carboxylic acids is 2. The van der Waals surface area contributed by atoms with E-state index in [-0.39, 0.29) is 59.8 Å². The number of carboxylic acids is 3. The van der Waals surface area contributed by atoms with Crippen LogP contribution in [-0.2, 0) is 9.53 Å². The number of aromatic carboxylic acids is 3. The zero-order chi connectivity index (χ0) is 23.4. The molecule has 0 saturated carbocycles. The van der Waals surface area contributed by atoms with Gasteiger partial charge in [-0.2, -0.15) is 0 Å². The molecule has 0 heterocycles. The van der Waals surface area contributed by atoms with Crippen molar-refractivity contribution in [1.82, 2.24) is 5.32 Å². The van der Waals surface area contributed by atoms with Crippen LogP contribution in [0.2, 0.25) is 0 Å². The zero-order valence-electron chi connectivity index (χ0n) is 18.1. The average Bonchev–Trinajstić information content (AvgIpc) is 2.74. The van der Waals surface area contributed by atoms with E-state index in [1.54, 1.807) is 0 Å². The molecule has 0 radical (unpaired) electrons. The van der Waals surface area contributed by atoms with Gasteiger partial charge in [0, 0.05) is 13.1 Å². The summed E-state index contributed by atoms with van der Waals surface area (Å²) in [4.78, 5) is 54.8. The molecule has 2 aromatic carbocycles. The van der Waals surface area contributed by atoms with Gasteiger partial charge >= 0.3 is 59.4 Å². The minimum Gasteiger partial charge on any atom is -1.00 e. The summed E-state index contributed by atoms with van der Waals surface area (Å²) < 4.78 is 4.53. The number of ether oxygens (including phenoxy) is 1. The number of hydrogen-bond donors (Lipinski definition) is 5. The van der Waals surface area contributed by atoms with Crippen LogP contribution in [0, 0.1) is 0 Å². The van der Waals surface area contributed by atoms with E-state index in [0.717, 1.165) is 0 Å². The van der Waals surface area contributed by atoms with Crippen molar-refractivity contribution in [2.75, 3.05) is 19.6 Å². The van der Waals surface area contributed by atoms with Crippen LogP contribution in [0.1, 0.15) is 42.9 Å². The van der Waals surface area contributed by atoms with E-state index in [9.17, 15) is 24.0 Å². The maximum Gasteiger partial charge on any atom is 1.00 e. The number of esters is 2. The first-order valence-electron chi connectivity index (χ1n) is 8.72. The Morgan fingerprint density at radius 1 is 0.781 bits per heavy atom. The molecule has 0 atom stereocenters. The van der Waals surface area contributed by atoms with E-state index in [4.69, 9.17) is 21.1 Å². The normalized spacial score (nSPS) is 9.41. The third-order valence-electron chi connectivity index (χ3n) is 3.56. The first-order valence-corrected chi connectivity index (χ1v) is 8.72. The largest absolute Gasteiger partial charge is 1.00 e. The van der Waals surface area contributed by atoms with Gasteiger partial charge in [0.05, 0.1) is 28.8 Å². The van der Waals surface area contributed by atoms with Crippen molar-refractivity contribution in [2.24, 2.45) is 5.73 Å². The van der Waals surface area contributed by atoms with E-state index in [1.807, 2.05) is 0 Å². The first kappa shape index (κ1) is 28.9. The predicted octanol–water partition coefficient (Wildman–Crippen LogP) is -2.18. The number of nitrogens with one attached hydrogen (secondary N) is 1. The van der Waals surface area contributed by atoms with Crippen molar-refractivity contribution in [3.05, 3.63) is 70.8 Å². The Kier molecular flexibility index (Phi) is 13.4. The van der Waals surface area contributed by atoms with Crippen LogP contribution >= 0.6 is 0 Å². The van der Waals surface area contributed by atoms with Gasteiger partial charge in [0.15, 0.2) is 0 Å². The van der Waals surface area contributed by atoms with Crippen molar-refractivity contribution in [1.29, 1.82) is 0 Å². The Bertz CT molecular complexity index is 953. The molecule has 0 unspecified atom stereocenters. The predicted molar refractivity (Wildman–Crippen MR) is 107 cm³/mol. The zero-order valence-corrected chi connectivity index (χ0v) is 19.1. The molecule has 12 heteroatoms. The molecule has 166 valence electrons. The minimum absolute atomic E-state index is 0. The van der Waals surface area contributed by atoms with Crippen molar-refractivity contribution in [2.45, 2.75) is 0 Å². The molecule has 0 aliphatic rings. The standard InChI is InChI=1S/C12H14N2O5.C8H6O4.Na.H/c13-5-6-14-7-10(15)19-12(18)9-4-2-1-3-8(9)11(16)17;9-7(10)5-3-1-2-4-6(5)8(11)12;;/h1-4,14H,5-7,13H2,(H,16,17);1-4H,(H,9,10)(H,11,12);;/q;;+1;-1. The second kappa shape index (κ2) is 14.8. The molecular weight excluding hydrogens is 435 g/mol. The van der Waals surface area contributed by atoms with Crippen molar-refractivity contribution >= 4 is 29.8 Å². The SMILES string of the molecule is NCCNCC(=O)OC(=O)c1ccccc1C(=O)O.O=C(O)c1ccccc1C(=O)O.[H-].[Na+]. The number of nitrogens with two attached hydrogens (primary N) is 1. The fourth-order valence-electron chi connectivity index (χ4n) is 2.19. The maximum absolute atomic E-state index is 11.7. The average molecular weight is 456 g/mol. The number of benzene rings is 2. The van der Waals surface area contributed by atoms with Crippen LogP contribution in [0.5, 0.6) is 0 Å². The smallest absolute Gasteiger partial charge is 1.00 e. The summed E-state index contributed by atoms with van der Waals surface area (Å²) in [6.07, 6.45) is 0. The van der Waals surface area contributed by atoms with Crippen molar-refractivity contribution < 1.29 is 75.0 Å². The second-order valence-corrected chi connectivity index (χ2v) is 5.73. The summed E-state index contributed by atoms with van der Waals surface area (Å²) >= 11 is 0. The molecule has 2 rings (SSSR count). The third-order valence-corrected chi connectivity index (χ3v) is 3.56. The second-order valence-electron chi connectivity index (χ2n) is 5.73. The fourth-order valence-corrected chi connectivity index (χ4v) is 2.19. The molecule has 0 bridgehead atoms. The van der Waals surface area contributed by atoms with Crippen LogP contribution in [0.25, 0.3) is 0 Å². The van der Waals surface area contributed by atoms with Gasteiger partial charge in [-0.1, -0.05) is 24.3 Å². The summed E-state index contributed by atoms with van der Waals surface area (Å²) in [5.41, 5.74) is 4.46. The minimum atomic E-state index is -1.26. The number of carbonyl (C=O) groups is 5. The molecule has 2 aromatic rings. The molecular formula is C20H21N2NaO9. The quantitative estimate of drug-likeness (QED) is 0.125. The van der Waals surface area contributed by atoms with E-state index in [2.05, 4.69) is 10.1 Å². The van der Waals surface area contributed by atoms with Crippen molar-refractivity contribution in [3.8, 4) is 0 Å². The third kappa shape index (κ3) is 9.37. The van der Waals surface area contributed by atoms with Crippen LogP contribution in [0.15, 0.2) is 48.5 Å². The fraction of sp³-hybridized carbons (Fsp3) is 0.150. The molecule has 0 aliphatic heterocycles. The van der Waals surface area contributed by atoms with Gasteiger partial charge < -0.3 is 32.5 Å². The van der Waals surface area contributed by atoms with E-state index in [1.165, 1.54) is 48.5 Å². The summed E-state index contributed by atoms with van der Waals surface area (Å²) in [7, 11) is 0. The summed E-state index contributed by atoms with van der Waals surface area (Å²) in [5, 5.41) is 28.7. The van der Waals surface area contributed by atoms with E-state index >= 15 is 0 Å². The number of rotatable bonds is 8. The Morgan fingerprint density at radius 2 is 1.16 bits per heavy atom. The molecule has 32 heavy (non-hydrogen) atoms. The summed E-state index contributed by atoms with van der Waals surface area (Å²) in [6, 6.07) is 11.0. The Hall–Kier alpha value is -3.09. The Morgan fingerprint density at radius 3 is 1.53 bits per heavy atom. The van der Waals surface area contributed by atoms with Gasteiger partial charge in [-0.25, -0.2) is 19.2 Å². The van der Waals surface area contributed by atoms with E-state index in [0.29, 0.717) is 13.1 Å². The molecule has 11 nitrogen and oxygen atoms in total. The van der Waals surface area contributed by atoms with E-state index < -0.39 is 29.8 Å². The Labute approximate surface area is 206 Å². The molecule has 0 saturated heterocycles. The number of carboxylic acid groups (broad SMARTS) is 3. The van der Waals surface area contributed by atoms with Gasteiger partial charge in [-0.15, -0.1) is 0 Å². The van der Waals surface area contributed by atoms with Crippen LogP contribution < -0.4 is 40.6 Å². The number of hydrogen-bond acceptors (Lipinski definition) is 8. The van der Waals surface area contributed by atoms with Gasteiger partial charge in [0.2, 0.25) is 0 Å². The molecule has 0 spiro atoms. The molecule has 0 aliphatic carbocycles. The maximum atomic E-state index is 11.7. The molecule has 0 fully saturated rings. The van der Waals surface area contributed by atoms with Crippen LogP contribution in [-0.4, -0.2) is 64.8 Å². The summed E-state index contributed by atoms with van der Waals surface area (Å²) in [6.45, 7) is 0.594.